The number of halogens is 1. The standard InChI is InChI=1S/C15H14ClN5/c16-11-6-7-20(9-11)14-13-8-19-21(15(13)18-10-17-14)12-4-2-1-3-5-12/h1-5,8,10-11H,6-7,9H2. The molecule has 106 valence electrons. The van der Waals surface area contributed by atoms with Crippen molar-refractivity contribution in [3.05, 3.63) is 42.9 Å². The molecule has 0 spiro atoms. The number of alkyl halides is 1. The molecule has 2 aromatic heterocycles. The Morgan fingerprint density at radius 2 is 2.00 bits per heavy atom. The van der Waals surface area contributed by atoms with Crippen molar-refractivity contribution in [1.29, 1.82) is 0 Å². The lowest BCUT2D eigenvalue weighted by atomic mass is 10.3. The minimum absolute atomic E-state index is 0.194. The molecule has 1 aromatic carbocycles. The second-order valence-electron chi connectivity index (χ2n) is 5.16. The molecule has 6 heteroatoms. The lowest BCUT2D eigenvalue weighted by Crippen LogP contribution is -2.21. The summed E-state index contributed by atoms with van der Waals surface area (Å²) in [6.07, 6.45) is 4.42. The lowest BCUT2D eigenvalue weighted by molar-refractivity contribution is 0.892. The first-order chi connectivity index (χ1) is 10.3. The Morgan fingerprint density at radius 3 is 2.76 bits per heavy atom. The van der Waals surface area contributed by atoms with Crippen LogP contribution < -0.4 is 4.90 Å². The third kappa shape index (κ3) is 2.14. The van der Waals surface area contributed by atoms with E-state index in [0.29, 0.717) is 0 Å². The number of anilines is 1. The fraction of sp³-hybridized carbons (Fsp3) is 0.267. The smallest absolute Gasteiger partial charge is 0.168 e. The molecule has 5 nitrogen and oxygen atoms in total. The summed E-state index contributed by atoms with van der Waals surface area (Å²) in [6.45, 7) is 1.75. The number of aromatic nitrogens is 4. The molecule has 3 aromatic rings. The number of benzene rings is 1. The van der Waals surface area contributed by atoms with Gasteiger partial charge >= 0.3 is 0 Å². The molecule has 0 radical (unpaired) electrons. The van der Waals surface area contributed by atoms with E-state index in [0.717, 1.165) is 42.0 Å². The van der Waals surface area contributed by atoms with Crippen LogP contribution in [0.2, 0.25) is 0 Å². The number of fused-ring (bicyclic) bond motifs is 1. The van der Waals surface area contributed by atoms with Crippen LogP contribution in [0, 0.1) is 0 Å². The highest BCUT2D eigenvalue weighted by Gasteiger charge is 2.24. The quantitative estimate of drug-likeness (QED) is 0.683. The Labute approximate surface area is 127 Å². The third-order valence-electron chi connectivity index (χ3n) is 3.78. The van der Waals surface area contributed by atoms with Gasteiger partial charge in [0, 0.05) is 13.1 Å². The fourth-order valence-electron chi connectivity index (χ4n) is 2.75. The molecule has 1 fully saturated rings. The van der Waals surface area contributed by atoms with E-state index in [1.165, 1.54) is 0 Å². The van der Waals surface area contributed by atoms with Crippen LogP contribution in [0.15, 0.2) is 42.9 Å². The van der Waals surface area contributed by atoms with Gasteiger partial charge in [0.1, 0.15) is 12.1 Å². The molecule has 3 heterocycles. The molecule has 0 bridgehead atoms. The summed E-state index contributed by atoms with van der Waals surface area (Å²) in [5.74, 6) is 0.922. The number of hydrogen-bond acceptors (Lipinski definition) is 4. The maximum atomic E-state index is 6.20. The van der Waals surface area contributed by atoms with Crippen LogP contribution in [-0.4, -0.2) is 38.2 Å². The van der Waals surface area contributed by atoms with E-state index in [-0.39, 0.29) is 5.38 Å². The van der Waals surface area contributed by atoms with Gasteiger partial charge in [-0.05, 0) is 18.6 Å². The van der Waals surface area contributed by atoms with Crippen LogP contribution in [0.4, 0.5) is 5.82 Å². The molecule has 1 aliphatic rings. The largest absolute Gasteiger partial charge is 0.354 e. The highest BCUT2D eigenvalue weighted by Crippen LogP contribution is 2.28. The Hall–Kier alpha value is -2.14. The molecular formula is C15H14ClN5. The highest BCUT2D eigenvalue weighted by molar-refractivity contribution is 6.21. The van der Waals surface area contributed by atoms with Gasteiger partial charge in [0.2, 0.25) is 0 Å². The number of hydrogen-bond donors (Lipinski definition) is 0. The first-order valence-electron chi connectivity index (χ1n) is 6.96. The number of para-hydroxylation sites is 1. The fourth-order valence-corrected chi connectivity index (χ4v) is 3.02. The van der Waals surface area contributed by atoms with E-state index in [4.69, 9.17) is 11.6 Å². The topological polar surface area (TPSA) is 46.8 Å². The minimum Gasteiger partial charge on any atom is -0.354 e. The zero-order valence-electron chi connectivity index (χ0n) is 11.4. The SMILES string of the molecule is ClC1CCN(c2ncnc3c2cnn3-c2ccccc2)C1. The van der Waals surface area contributed by atoms with Crippen LogP contribution in [0.25, 0.3) is 16.7 Å². The Morgan fingerprint density at radius 1 is 1.14 bits per heavy atom. The summed E-state index contributed by atoms with van der Waals surface area (Å²) in [5, 5.41) is 5.63. The van der Waals surface area contributed by atoms with Gasteiger partial charge in [0.15, 0.2) is 5.65 Å². The predicted molar refractivity (Wildman–Crippen MR) is 83.1 cm³/mol. The van der Waals surface area contributed by atoms with Crippen LogP contribution in [-0.2, 0) is 0 Å². The predicted octanol–water partition coefficient (Wildman–Crippen LogP) is 2.63. The summed E-state index contributed by atoms with van der Waals surface area (Å²) in [4.78, 5) is 11.0. The zero-order chi connectivity index (χ0) is 14.2. The molecule has 1 atom stereocenters. The third-order valence-corrected chi connectivity index (χ3v) is 4.13. The van der Waals surface area contributed by atoms with Crippen molar-refractivity contribution >= 4 is 28.5 Å². The second kappa shape index (κ2) is 5.00. The molecule has 0 aliphatic carbocycles. The van der Waals surface area contributed by atoms with E-state index in [1.54, 1.807) is 6.33 Å². The van der Waals surface area contributed by atoms with Crippen molar-refractivity contribution in [2.45, 2.75) is 11.8 Å². The van der Waals surface area contributed by atoms with Gasteiger partial charge in [-0.2, -0.15) is 5.10 Å². The van der Waals surface area contributed by atoms with Crippen LogP contribution >= 0.6 is 11.6 Å². The highest BCUT2D eigenvalue weighted by atomic mass is 35.5. The van der Waals surface area contributed by atoms with Gasteiger partial charge < -0.3 is 4.90 Å². The summed E-state index contributed by atoms with van der Waals surface area (Å²) < 4.78 is 1.84. The van der Waals surface area contributed by atoms with Crippen molar-refractivity contribution in [2.75, 3.05) is 18.0 Å². The zero-order valence-corrected chi connectivity index (χ0v) is 12.1. The van der Waals surface area contributed by atoms with Crippen molar-refractivity contribution < 1.29 is 0 Å². The van der Waals surface area contributed by atoms with E-state index in [1.807, 2.05) is 41.2 Å². The van der Waals surface area contributed by atoms with Crippen molar-refractivity contribution in [2.24, 2.45) is 0 Å². The first kappa shape index (κ1) is 12.6. The summed E-state index contributed by atoms with van der Waals surface area (Å²) >= 11 is 6.20. The Balaban J connectivity index is 1.83. The molecule has 0 amide bonds. The Bertz CT molecular complexity index is 770. The molecule has 4 rings (SSSR count). The van der Waals surface area contributed by atoms with Crippen molar-refractivity contribution in [3.63, 3.8) is 0 Å². The monoisotopic (exact) mass is 299 g/mol. The molecule has 0 N–H and O–H groups in total. The number of rotatable bonds is 2. The van der Waals surface area contributed by atoms with E-state index < -0.39 is 0 Å². The second-order valence-corrected chi connectivity index (χ2v) is 5.78. The molecule has 1 unspecified atom stereocenters. The summed E-state index contributed by atoms with van der Waals surface area (Å²) in [6, 6.07) is 9.99. The van der Waals surface area contributed by atoms with Gasteiger partial charge in [0.25, 0.3) is 0 Å². The maximum absolute atomic E-state index is 6.20. The molecule has 1 aliphatic heterocycles. The average Bonchev–Trinajstić information content (AvgIpc) is 3.14. The summed E-state index contributed by atoms with van der Waals surface area (Å²) in [5.41, 5.74) is 1.82. The Kier molecular flexibility index (Phi) is 3.00. The first-order valence-corrected chi connectivity index (χ1v) is 7.40. The van der Waals surface area contributed by atoms with Gasteiger partial charge in [-0.15, -0.1) is 11.6 Å². The van der Waals surface area contributed by atoms with E-state index in [2.05, 4.69) is 20.0 Å². The van der Waals surface area contributed by atoms with Gasteiger partial charge in [-0.1, -0.05) is 18.2 Å². The normalized spacial score (nSPS) is 18.5. The van der Waals surface area contributed by atoms with Crippen LogP contribution in [0.1, 0.15) is 6.42 Å². The maximum Gasteiger partial charge on any atom is 0.168 e. The van der Waals surface area contributed by atoms with E-state index in [9.17, 15) is 0 Å². The van der Waals surface area contributed by atoms with Crippen molar-refractivity contribution in [3.8, 4) is 5.69 Å². The molecule has 1 saturated heterocycles. The van der Waals surface area contributed by atoms with Gasteiger partial charge in [-0.25, -0.2) is 14.6 Å². The molecule has 21 heavy (non-hydrogen) atoms. The van der Waals surface area contributed by atoms with Gasteiger partial charge in [0.05, 0.1) is 22.6 Å². The van der Waals surface area contributed by atoms with Crippen LogP contribution in [0.3, 0.4) is 0 Å². The number of nitrogens with zero attached hydrogens (tertiary/aromatic N) is 5. The average molecular weight is 300 g/mol. The molecular weight excluding hydrogens is 286 g/mol. The van der Waals surface area contributed by atoms with Gasteiger partial charge in [-0.3, -0.25) is 0 Å². The minimum atomic E-state index is 0.194. The van der Waals surface area contributed by atoms with Crippen molar-refractivity contribution in [1.82, 2.24) is 19.7 Å². The lowest BCUT2D eigenvalue weighted by Gasteiger charge is -2.16. The summed E-state index contributed by atoms with van der Waals surface area (Å²) in [7, 11) is 0. The molecule has 0 saturated carbocycles. The van der Waals surface area contributed by atoms with Crippen LogP contribution in [0.5, 0.6) is 0 Å². The van der Waals surface area contributed by atoms with E-state index >= 15 is 0 Å².